The summed E-state index contributed by atoms with van der Waals surface area (Å²) >= 11 is 0. The van der Waals surface area contributed by atoms with E-state index in [1.54, 1.807) is 0 Å². The highest BCUT2D eigenvalue weighted by molar-refractivity contribution is 6.11. The number of rotatable bonds is 6. The van der Waals surface area contributed by atoms with Crippen LogP contribution in [0.3, 0.4) is 0 Å². The molecule has 3 aliphatic carbocycles. The van der Waals surface area contributed by atoms with Crippen molar-refractivity contribution >= 4 is 44.8 Å². The van der Waals surface area contributed by atoms with Gasteiger partial charge in [0.15, 0.2) is 0 Å². The van der Waals surface area contributed by atoms with Crippen molar-refractivity contribution in [1.29, 1.82) is 0 Å². The molecule has 3 heterocycles. The fourth-order valence-electron chi connectivity index (χ4n) is 12.8. The van der Waals surface area contributed by atoms with Crippen LogP contribution in [0.25, 0.3) is 27.5 Å². The van der Waals surface area contributed by atoms with E-state index in [-0.39, 0.29) is 24.2 Å². The third kappa shape index (κ3) is 5.82. The van der Waals surface area contributed by atoms with Crippen LogP contribution in [0.5, 0.6) is 23.0 Å². The average molecular weight is 929 g/mol. The highest BCUT2D eigenvalue weighted by atomic mass is 16.5. The molecule has 6 aliphatic rings. The topological polar surface area (TPSA) is 34.2 Å². The van der Waals surface area contributed by atoms with Gasteiger partial charge in [-0.2, -0.15) is 0 Å². The summed E-state index contributed by atoms with van der Waals surface area (Å²) < 4.78 is 20.9. The monoisotopic (exact) mass is 928 g/mol. The molecular formula is C67H48N2O3. The second-order valence-electron chi connectivity index (χ2n) is 19.9. The molecule has 344 valence electrons. The summed E-state index contributed by atoms with van der Waals surface area (Å²) in [7, 11) is 0. The van der Waals surface area contributed by atoms with E-state index in [2.05, 4.69) is 254 Å². The molecule has 0 N–H and O–H groups in total. The van der Waals surface area contributed by atoms with E-state index < -0.39 is 5.41 Å². The normalized spacial score (nSPS) is 19.3. The van der Waals surface area contributed by atoms with Gasteiger partial charge in [-0.3, -0.25) is 0 Å². The van der Waals surface area contributed by atoms with Gasteiger partial charge in [0.2, 0.25) is 0 Å². The number of aryl methyl sites for hydroxylation is 2. The molecule has 72 heavy (non-hydrogen) atoms. The molecule has 9 aromatic rings. The van der Waals surface area contributed by atoms with Crippen molar-refractivity contribution in [2.24, 2.45) is 0 Å². The quantitative estimate of drug-likeness (QED) is 0.166. The maximum absolute atomic E-state index is 7.00. The van der Waals surface area contributed by atoms with E-state index >= 15 is 0 Å². The number of hydrogen-bond donors (Lipinski definition) is 0. The lowest BCUT2D eigenvalue weighted by atomic mass is 9.65. The van der Waals surface area contributed by atoms with Crippen molar-refractivity contribution in [3.8, 4) is 34.1 Å². The first-order valence-electron chi connectivity index (χ1n) is 25.1. The molecule has 0 radical (unpaired) electrons. The van der Waals surface area contributed by atoms with E-state index in [0.29, 0.717) is 0 Å². The van der Waals surface area contributed by atoms with Crippen molar-refractivity contribution in [2.75, 3.05) is 9.80 Å². The summed E-state index contributed by atoms with van der Waals surface area (Å²) in [5.41, 5.74) is 17.5. The number of ether oxygens (including phenoxy) is 3. The summed E-state index contributed by atoms with van der Waals surface area (Å²) in [5, 5.41) is 2.36. The Hall–Kier alpha value is -8.80. The lowest BCUT2D eigenvalue weighted by Crippen LogP contribution is -2.43. The zero-order valence-corrected chi connectivity index (χ0v) is 39.9. The molecule has 0 saturated carbocycles. The van der Waals surface area contributed by atoms with E-state index in [9.17, 15) is 0 Å². The SMILES string of the molecule is Cc1ccc(N(c2ccc3c(c2)C2(c4ccccc4Oc4ccccc42)c2cc(N(c4ccc(C)cc4)C4C=CC=C5c6ccccc6OC54)c4ccccc4c2-3)c2cccc3c2OC2C=CC=CC32)cc1. The number of benzene rings is 9. The molecule has 0 fully saturated rings. The summed E-state index contributed by atoms with van der Waals surface area (Å²) in [6.07, 6.45) is 15.2. The van der Waals surface area contributed by atoms with Gasteiger partial charge in [-0.05, 0) is 114 Å². The third-order valence-corrected chi connectivity index (χ3v) is 15.9. The van der Waals surface area contributed by atoms with Crippen molar-refractivity contribution in [2.45, 2.75) is 43.4 Å². The van der Waals surface area contributed by atoms with Crippen molar-refractivity contribution in [3.63, 3.8) is 0 Å². The zero-order chi connectivity index (χ0) is 47.7. The fourth-order valence-corrected chi connectivity index (χ4v) is 12.8. The number of fused-ring (bicyclic) bond motifs is 17. The Labute approximate surface area is 419 Å². The van der Waals surface area contributed by atoms with Gasteiger partial charge in [0.05, 0.1) is 22.8 Å². The van der Waals surface area contributed by atoms with Crippen LogP contribution in [0, 0.1) is 13.8 Å². The molecule has 5 nitrogen and oxygen atoms in total. The minimum Gasteiger partial charge on any atom is -0.483 e. The highest BCUT2D eigenvalue weighted by Gasteiger charge is 2.53. The molecule has 3 aliphatic heterocycles. The second-order valence-corrected chi connectivity index (χ2v) is 19.9. The smallest absolute Gasteiger partial charge is 0.149 e. The molecule has 4 unspecified atom stereocenters. The Morgan fingerprint density at radius 3 is 1.92 bits per heavy atom. The number of nitrogens with zero attached hydrogens (tertiary/aromatic N) is 2. The molecule has 0 bridgehead atoms. The summed E-state index contributed by atoms with van der Waals surface area (Å²) in [6.45, 7) is 4.31. The first kappa shape index (κ1) is 41.0. The predicted molar refractivity (Wildman–Crippen MR) is 291 cm³/mol. The van der Waals surface area contributed by atoms with E-state index in [4.69, 9.17) is 14.2 Å². The van der Waals surface area contributed by atoms with Gasteiger partial charge in [0.1, 0.15) is 35.2 Å². The Bertz CT molecular complexity index is 3820. The zero-order valence-electron chi connectivity index (χ0n) is 39.9. The van der Waals surface area contributed by atoms with E-state index in [0.717, 1.165) is 68.1 Å². The highest BCUT2D eigenvalue weighted by Crippen LogP contribution is 2.65. The first-order valence-corrected chi connectivity index (χ1v) is 25.1. The Balaban J connectivity index is 1.01. The molecule has 9 aromatic carbocycles. The number of anilines is 5. The lowest BCUT2D eigenvalue weighted by Gasteiger charge is -2.41. The molecule has 5 heteroatoms. The van der Waals surface area contributed by atoms with Crippen molar-refractivity contribution in [1.82, 2.24) is 0 Å². The largest absolute Gasteiger partial charge is 0.483 e. The van der Waals surface area contributed by atoms with Gasteiger partial charge in [0, 0.05) is 56.2 Å². The predicted octanol–water partition coefficient (Wildman–Crippen LogP) is 16.3. The van der Waals surface area contributed by atoms with Crippen LogP contribution in [-0.2, 0) is 5.41 Å². The maximum atomic E-state index is 7.00. The molecule has 0 amide bonds. The van der Waals surface area contributed by atoms with Crippen LogP contribution in [0.4, 0.5) is 28.4 Å². The minimum absolute atomic E-state index is 0.0525. The van der Waals surface area contributed by atoms with Crippen LogP contribution in [0.1, 0.15) is 50.4 Å². The Morgan fingerprint density at radius 1 is 0.472 bits per heavy atom. The van der Waals surface area contributed by atoms with Gasteiger partial charge in [0.25, 0.3) is 0 Å². The lowest BCUT2D eigenvalue weighted by molar-refractivity contribution is 0.258. The van der Waals surface area contributed by atoms with Crippen LogP contribution in [-0.4, -0.2) is 18.2 Å². The molecule has 0 saturated heterocycles. The van der Waals surface area contributed by atoms with Crippen LogP contribution in [0.15, 0.2) is 231 Å². The first-order chi connectivity index (χ1) is 35.5. The summed E-state index contributed by atoms with van der Waals surface area (Å²) in [6, 6.07) is 68.8. The van der Waals surface area contributed by atoms with Gasteiger partial charge < -0.3 is 24.0 Å². The van der Waals surface area contributed by atoms with Gasteiger partial charge in [-0.25, -0.2) is 0 Å². The van der Waals surface area contributed by atoms with Crippen LogP contribution >= 0.6 is 0 Å². The van der Waals surface area contributed by atoms with Crippen molar-refractivity contribution < 1.29 is 14.2 Å². The molecule has 4 atom stereocenters. The summed E-state index contributed by atoms with van der Waals surface area (Å²) in [4.78, 5) is 4.94. The van der Waals surface area contributed by atoms with Crippen LogP contribution < -0.4 is 24.0 Å². The minimum atomic E-state index is -0.796. The Kier molecular flexibility index (Phi) is 8.89. The van der Waals surface area contributed by atoms with E-state index in [1.165, 1.54) is 55.3 Å². The van der Waals surface area contributed by atoms with Crippen LogP contribution in [0.2, 0.25) is 0 Å². The van der Waals surface area contributed by atoms with Gasteiger partial charge in [-0.15, -0.1) is 0 Å². The van der Waals surface area contributed by atoms with Gasteiger partial charge >= 0.3 is 0 Å². The average Bonchev–Trinajstić information content (AvgIpc) is 4.10. The third-order valence-electron chi connectivity index (χ3n) is 15.9. The maximum Gasteiger partial charge on any atom is 0.149 e. The molecule has 0 aromatic heterocycles. The fraction of sp³-hybridized carbons (Fsp3) is 0.104. The standard InChI is InChI=1S/C67H48N2O3/c1-41-29-33-43(34-30-41)68(57-23-13-19-50-47-16-5-9-25-60(47)71-65(50)57)45-37-38-52-55(39-45)67(53-21-7-11-27-62(53)70-63-28-12-8-22-54(63)67)56-40-59(46-15-3-4-18-49(46)64(52)56)69(44-35-31-42(2)32-36-44)58-24-14-20-51-48-17-6-10-26-61(48)72-66(51)58/h3-40,47,58,60,66H,1-2H3. The Morgan fingerprint density at radius 2 is 1.14 bits per heavy atom. The van der Waals surface area contributed by atoms with Crippen molar-refractivity contribution in [3.05, 3.63) is 275 Å². The summed E-state index contributed by atoms with van der Waals surface area (Å²) in [5.74, 6) is 3.69. The molecular weight excluding hydrogens is 881 g/mol. The van der Waals surface area contributed by atoms with Gasteiger partial charge in [-0.1, -0.05) is 169 Å². The second kappa shape index (κ2) is 15.6. The number of hydrogen-bond acceptors (Lipinski definition) is 5. The molecule has 1 spiro atoms. The van der Waals surface area contributed by atoms with E-state index in [1.807, 2.05) is 0 Å². The molecule has 15 rings (SSSR count). The number of para-hydroxylation sites is 4. The number of allylic oxidation sites excluding steroid dienone is 4.